The van der Waals surface area contributed by atoms with E-state index in [1.807, 2.05) is 30.5 Å². The Morgan fingerprint density at radius 3 is 2.71 bits per heavy atom. The van der Waals surface area contributed by atoms with Gasteiger partial charge in [0.1, 0.15) is 23.7 Å². The number of hydrogen-bond donors (Lipinski definition) is 1. The van der Waals surface area contributed by atoms with Crippen LogP contribution in [0.1, 0.15) is 30.9 Å². The van der Waals surface area contributed by atoms with Gasteiger partial charge in [-0.2, -0.15) is 0 Å². The molecule has 0 atom stereocenters. The van der Waals surface area contributed by atoms with E-state index in [1.54, 1.807) is 13.4 Å². The summed E-state index contributed by atoms with van der Waals surface area (Å²) in [5.41, 5.74) is 4.20. The lowest BCUT2D eigenvalue weighted by atomic mass is 9.99. The summed E-state index contributed by atoms with van der Waals surface area (Å²) in [5, 5.41) is 3.41. The van der Waals surface area contributed by atoms with Gasteiger partial charge in [-0.15, -0.1) is 0 Å². The monoisotopic (exact) mass is 461 g/mol. The van der Waals surface area contributed by atoms with Crippen LogP contribution in [-0.4, -0.2) is 54.9 Å². The summed E-state index contributed by atoms with van der Waals surface area (Å²) < 4.78 is 11.0. The van der Waals surface area contributed by atoms with Crippen LogP contribution in [0, 0.1) is 12.8 Å². The van der Waals surface area contributed by atoms with Crippen LogP contribution >= 0.6 is 0 Å². The summed E-state index contributed by atoms with van der Waals surface area (Å²) >= 11 is 0. The molecule has 7 heteroatoms. The zero-order valence-corrected chi connectivity index (χ0v) is 20.5. The number of rotatable bonds is 10. The van der Waals surface area contributed by atoms with Gasteiger partial charge < -0.3 is 19.7 Å². The van der Waals surface area contributed by atoms with E-state index < -0.39 is 0 Å². The number of para-hydroxylation sites is 1. The molecule has 0 unspecified atom stereocenters. The maximum Gasteiger partial charge on any atom is 0.131 e. The SMILES string of the molecule is CCN(CC1CCOCC1)c1ncc(-c2cc(NCCc3ccccc3OC)ncn2)cc1C. The van der Waals surface area contributed by atoms with Crippen molar-refractivity contribution in [3.8, 4) is 17.0 Å². The minimum Gasteiger partial charge on any atom is -0.496 e. The predicted octanol–water partition coefficient (Wildman–Crippen LogP) is 4.76. The van der Waals surface area contributed by atoms with E-state index in [9.17, 15) is 0 Å². The highest BCUT2D eigenvalue weighted by Gasteiger charge is 2.19. The number of aryl methyl sites for hydroxylation is 1. The number of aromatic nitrogens is 3. The van der Waals surface area contributed by atoms with E-state index in [0.29, 0.717) is 5.92 Å². The van der Waals surface area contributed by atoms with Gasteiger partial charge in [-0.05, 0) is 62.3 Å². The zero-order chi connectivity index (χ0) is 23.8. The first-order valence-corrected chi connectivity index (χ1v) is 12.2. The van der Waals surface area contributed by atoms with Crippen molar-refractivity contribution in [3.63, 3.8) is 0 Å². The van der Waals surface area contributed by atoms with Crippen LogP contribution in [0.4, 0.5) is 11.6 Å². The Labute approximate surface area is 202 Å². The number of ether oxygens (including phenoxy) is 2. The van der Waals surface area contributed by atoms with Crippen molar-refractivity contribution >= 4 is 11.6 Å². The number of anilines is 2. The van der Waals surface area contributed by atoms with Crippen LogP contribution in [0.2, 0.25) is 0 Å². The summed E-state index contributed by atoms with van der Waals surface area (Å²) in [6.07, 6.45) is 6.63. The molecule has 34 heavy (non-hydrogen) atoms. The maximum absolute atomic E-state index is 5.52. The second-order valence-electron chi connectivity index (χ2n) is 8.74. The molecule has 1 saturated heterocycles. The normalized spacial score (nSPS) is 14.1. The second kappa shape index (κ2) is 11.8. The summed E-state index contributed by atoms with van der Waals surface area (Å²) in [6, 6.07) is 12.2. The van der Waals surface area contributed by atoms with Crippen LogP contribution < -0.4 is 15.0 Å². The Hall–Kier alpha value is -3.19. The lowest BCUT2D eigenvalue weighted by Crippen LogP contribution is -2.33. The Kier molecular flexibility index (Phi) is 8.31. The average Bonchev–Trinajstić information content (AvgIpc) is 2.88. The number of pyridine rings is 1. The highest BCUT2D eigenvalue weighted by atomic mass is 16.5. The number of benzene rings is 1. The predicted molar refractivity (Wildman–Crippen MR) is 137 cm³/mol. The molecular formula is C27H35N5O2. The van der Waals surface area contributed by atoms with Gasteiger partial charge in [0.2, 0.25) is 0 Å². The van der Waals surface area contributed by atoms with Crippen molar-refractivity contribution in [2.45, 2.75) is 33.1 Å². The number of nitrogens with zero attached hydrogens (tertiary/aromatic N) is 4. The third-order valence-electron chi connectivity index (χ3n) is 6.41. The van der Waals surface area contributed by atoms with Crippen LogP contribution in [0.25, 0.3) is 11.3 Å². The first-order chi connectivity index (χ1) is 16.7. The van der Waals surface area contributed by atoms with Crippen molar-refractivity contribution in [2.24, 2.45) is 5.92 Å². The Morgan fingerprint density at radius 2 is 1.94 bits per heavy atom. The van der Waals surface area contributed by atoms with Crippen LogP contribution in [0.3, 0.4) is 0 Å². The minimum atomic E-state index is 0.668. The van der Waals surface area contributed by atoms with E-state index >= 15 is 0 Å². The molecule has 180 valence electrons. The van der Waals surface area contributed by atoms with Crippen molar-refractivity contribution in [2.75, 3.05) is 50.2 Å². The van der Waals surface area contributed by atoms with Gasteiger partial charge in [-0.25, -0.2) is 15.0 Å². The maximum atomic E-state index is 5.52. The van der Waals surface area contributed by atoms with Crippen LogP contribution in [0.15, 0.2) is 48.9 Å². The molecule has 0 bridgehead atoms. The molecule has 7 nitrogen and oxygen atoms in total. The highest BCUT2D eigenvalue weighted by Crippen LogP contribution is 2.26. The van der Waals surface area contributed by atoms with Crippen LogP contribution in [0.5, 0.6) is 5.75 Å². The lowest BCUT2D eigenvalue weighted by molar-refractivity contribution is 0.0682. The number of nitrogens with one attached hydrogen (secondary N) is 1. The molecule has 4 rings (SSSR count). The van der Waals surface area contributed by atoms with E-state index in [4.69, 9.17) is 14.5 Å². The Balaban J connectivity index is 1.41. The molecule has 0 amide bonds. The number of hydrogen-bond acceptors (Lipinski definition) is 7. The Morgan fingerprint density at radius 1 is 1.12 bits per heavy atom. The van der Waals surface area contributed by atoms with Gasteiger partial charge in [0.15, 0.2) is 0 Å². The molecule has 1 aliphatic heterocycles. The van der Waals surface area contributed by atoms with Gasteiger partial charge in [-0.1, -0.05) is 18.2 Å². The van der Waals surface area contributed by atoms with E-state index in [2.05, 4.69) is 46.2 Å². The molecule has 1 fully saturated rings. The Bertz CT molecular complexity index is 1070. The first-order valence-electron chi connectivity index (χ1n) is 12.2. The van der Waals surface area contributed by atoms with Crippen molar-refractivity contribution < 1.29 is 9.47 Å². The topological polar surface area (TPSA) is 72.4 Å². The van der Waals surface area contributed by atoms with E-state index in [1.165, 1.54) is 5.56 Å². The van der Waals surface area contributed by atoms with Crippen molar-refractivity contribution in [3.05, 3.63) is 60.0 Å². The summed E-state index contributed by atoms with van der Waals surface area (Å²) in [6.45, 7) is 8.80. The lowest BCUT2D eigenvalue weighted by Gasteiger charge is -2.30. The molecule has 3 heterocycles. The third kappa shape index (κ3) is 6.03. The smallest absolute Gasteiger partial charge is 0.131 e. The highest BCUT2D eigenvalue weighted by molar-refractivity contribution is 5.65. The quantitative estimate of drug-likeness (QED) is 0.466. The van der Waals surface area contributed by atoms with E-state index in [-0.39, 0.29) is 0 Å². The van der Waals surface area contributed by atoms with Crippen molar-refractivity contribution in [1.29, 1.82) is 0 Å². The molecule has 0 spiro atoms. The van der Waals surface area contributed by atoms with Gasteiger partial charge in [0.05, 0.1) is 12.8 Å². The fourth-order valence-electron chi connectivity index (χ4n) is 4.49. The molecule has 1 aliphatic rings. The molecule has 1 N–H and O–H groups in total. The third-order valence-corrected chi connectivity index (χ3v) is 6.41. The molecule has 0 aliphatic carbocycles. The van der Waals surface area contributed by atoms with Gasteiger partial charge in [0.25, 0.3) is 0 Å². The summed E-state index contributed by atoms with van der Waals surface area (Å²) in [5.74, 6) is 3.44. The van der Waals surface area contributed by atoms with E-state index in [0.717, 1.165) is 86.3 Å². The molecular weight excluding hydrogens is 426 g/mol. The second-order valence-corrected chi connectivity index (χ2v) is 8.74. The molecule has 0 radical (unpaired) electrons. The number of methoxy groups -OCH3 is 1. The molecule has 3 aromatic rings. The molecule has 1 aromatic carbocycles. The van der Waals surface area contributed by atoms with Crippen LogP contribution in [-0.2, 0) is 11.2 Å². The zero-order valence-electron chi connectivity index (χ0n) is 20.5. The average molecular weight is 462 g/mol. The largest absolute Gasteiger partial charge is 0.496 e. The van der Waals surface area contributed by atoms with Crippen molar-refractivity contribution in [1.82, 2.24) is 15.0 Å². The van der Waals surface area contributed by atoms with Gasteiger partial charge in [0, 0.05) is 50.7 Å². The molecule has 0 saturated carbocycles. The summed E-state index contributed by atoms with van der Waals surface area (Å²) in [4.78, 5) is 16.1. The van der Waals surface area contributed by atoms with Gasteiger partial charge >= 0.3 is 0 Å². The first kappa shape index (κ1) is 24.0. The fraction of sp³-hybridized carbons (Fsp3) is 0.444. The standard InChI is InChI=1S/C27H35N5O2/c1-4-32(18-21-10-13-34-14-11-21)27-20(2)15-23(17-29-27)24-16-26(31-19-30-24)28-12-9-22-7-5-6-8-25(22)33-3/h5-8,15-17,19,21H,4,9-14,18H2,1-3H3,(H,28,30,31). The molecule has 2 aromatic heterocycles. The van der Waals surface area contributed by atoms with Gasteiger partial charge in [-0.3, -0.25) is 0 Å². The minimum absolute atomic E-state index is 0.668. The summed E-state index contributed by atoms with van der Waals surface area (Å²) in [7, 11) is 1.70. The fourth-order valence-corrected chi connectivity index (χ4v) is 4.49.